The Kier molecular flexibility index (Phi) is 2.84. The van der Waals surface area contributed by atoms with Crippen molar-refractivity contribution in [3.8, 4) is 0 Å². The van der Waals surface area contributed by atoms with Gasteiger partial charge in [0.1, 0.15) is 0 Å². The first-order valence-electron chi connectivity index (χ1n) is 3.80. The van der Waals surface area contributed by atoms with Crippen LogP contribution < -0.4 is 5.32 Å². The van der Waals surface area contributed by atoms with Gasteiger partial charge in [0.15, 0.2) is 0 Å². The molecule has 0 aromatic rings. The van der Waals surface area contributed by atoms with Crippen LogP contribution in [0.2, 0.25) is 0 Å². The summed E-state index contributed by atoms with van der Waals surface area (Å²) in [6.45, 7) is 1.29. The lowest BCUT2D eigenvalue weighted by Gasteiger charge is -2.27. The summed E-state index contributed by atoms with van der Waals surface area (Å²) in [4.78, 5) is 10.6. The van der Waals surface area contributed by atoms with E-state index in [-0.39, 0.29) is 12.5 Å². The van der Waals surface area contributed by atoms with E-state index < -0.39 is 11.9 Å². The number of carboxylic acids is 1. The van der Waals surface area contributed by atoms with Crippen LogP contribution in [0, 0.1) is 11.8 Å². The van der Waals surface area contributed by atoms with E-state index in [2.05, 4.69) is 5.32 Å². The SMILES string of the molecule is O=C(O)[C@@H]1CNCC[C@H]1CO. The minimum Gasteiger partial charge on any atom is -0.481 e. The molecule has 0 saturated carbocycles. The van der Waals surface area contributed by atoms with Gasteiger partial charge in [-0.3, -0.25) is 4.79 Å². The molecular weight excluding hydrogens is 146 g/mol. The van der Waals surface area contributed by atoms with Gasteiger partial charge in [-0.15, -0.1) is 0 Å². The molecule has 0 amide bonds. The largest absolute Gasteiger partial charge is 0.481 e. The van der Waals surface area contributed by atoms with Crippen molar-refractivity contribution in [1.82, 2.24) is 5.32 Å². The van der Waals surface area contributed by atoms with Crippen LogP contribution >= 0.6 is 0 Å². The molecule has 3 N–H and O–H groups in total. The zero-order valence-electron chi connectivity index (χ0n) is 6.29. The molecule has 0 unspecified atom stereocenters. The molecule has 1 heterocycles. The van der Waals surface area contributed by atoms with E-state index >= 15 is 0 Å². The Bertz CT molecular complexity index is 149. The first-order chi connectivity index (χ1) is 5.25. The monoisotopic (exact) mass is 159 g/mol. The molecule has 0 radical (unpaired) electrons. The summed E-state index contributed by atoms with van der Waals surface area (Å²) in [6.07, 6.45) is 0.757. The van der Waals surface area contributed by atoms with Gasteiger partial charge in [-0.1, -0.05) is 0 Å². The summed E-state index contributed by atoms with van der Waals surface area (Å²) in [7, 11) is 0. The van der Waals surface area contributed by atoms with Gasteiger partial charge in [-0.05, 0) is 18.9 Å². The molecule has 11 heavy (non-hydrogen) atoms. The molecule has 1 aliphatic rings. The van der Waals surface area contributed by atoms with Gasteiger partial charge in [0.2, 0.25) is 0 Å². The Labute approximate surface area is 65.2 Å². The van der Waals surface area contributed by atoms with Gasteiger partial charge in [-0.2, -0.15) is 0 Å². The van der Waals surface area contributed by atoms with Crippen LogP contribution in [-0.4, -0.2) is 35.9 Å². The number of aliphatic carboxylic acids is 1. The van der Waals surface area contributed by atoms with Crippen molar-refractivity contribution in [2.24, 2.45) is 11.8 Å². The molecule has 4 heteroatoms. The smallest absolute Gasteiger partial charge is 0.308 e. The molecule has 0 aromatic carbocycles. The van der Waals surface area contributed by atoms with E-state index in [1.165, 1.54) is 0 Å². The summed E-state index contributed by atoms with van der Waals surface area (Å²) >= 11 is 0. The van der Waals surface area contributed by atoms with Crippen molar-refractivity contribution in [2.45, 2.75) is 6.42 Å². The number of rotatable bonds is 2. The standard InChI is InChI=1S/C7H13NO3/c9-4-5-1-2-8-3-6(5)7(10)11/h5-6,8-9H,1-4H2,(H,10,11)/t5-,6+/m0/s1. The summed E-state index contributed by atoms with van der Waals surface area (Å²) in [5.41, 5.74) is 0. The van der Waals surface area contributed by atoms with Crippen molar-refractivity contribution >= 4 is 5.97 Å². The van der Waals surface area contributed by atoms with Crippen molar-refractivity contribution in [3.05, 3.63) is 0 Å². The van der Waals surface area contributed by atoms with Gasteiger partial charge in [0.25, 0.3) is 0 Å². The fourth-order valence-corrected chi connectivity index (χ4v) is 1.42. The average Bonchev–Trinajstić information content (AvgIpc) is 2.04. The van der Waals surface area contributed by atoms with E-state index in [0.29, 0.717) is 6.54 Å². The van der Waals surface area contributed by atoms with Crippen LogP contribution in [0.25, 0.3) is 0 Å². The number of hydrogen-bond donors (Lipinski definition) is 3. The molecule has 0 bridgehead atoms. The van der Waals surface area contributed by atoms with Crippen LogP contribution in [-0.2, 0) is 4.79 Å². The Morgan fingerprint density at radius 2 is 2.36 bits per heavy atom. The minimum absolute atomic E-state index is 0.0152. The molecule has 2 atom stereocenters. The molecule has 4 nitrogen and oxygen atoms in total. The molecule has 1 saturated heterocycles. The van der Waals surface area contributed by atoms with Gasteiger partial charge in [0.05, 0.1) is 5.92 Å². The number of nitrogens with one attached hydrogen (secondary N) is 1. The molecule has 64 valence electrons. The summed E-state index contributed by atoms with van der Waals surface area (Å²) in [6, 6.07) is 0. The Morgan fingerprint density at radius 3 is 2.82 bits per heavy atom. The molecular formula is C7H13NO3. The molecule has 1 rings (SSSR count). The van der Waals surface area contributed by atoms with Crippen molar-refractivity contribution in [3.63, 3.8) is 0 Å². The number of aliphatic hydroxyl groups is 1. The maximum atomic E-state index is 10.6. The zero-order chi connectivity index (χ0) is 8.27. The van der Waals surface area contributed by atoms with E-state index in [1.54, 1.807) is 0 Å². The Hall–Kier alpha value is -0.610. The second-order valence-corrected chi connectivity index (χ2v) is 2.88. The number of carbonyl (C=O) groups is 1. The van der Waals surface area contributed by atoms with E-state index in [1.807, 2.05) is 0 Å². The first kappa shape index (κ1) is 8.49. The number of hydrogen-bond acceptors (Lipinski definition) is 3. The Balaban J connectivity index is 2.51. The van der Waals surface area contributed by atoms with Gasteiger partial charge in [-0.25, -0.2) is 0 Å². The normalized spacial score (nSPS) is 31.7. The highest BCUT2D eigenvalue weighted by molar-refractivity contribution is 5.70. The molecule has 0 spiro atoms. The van der Waals surface area contributed by atoms with Gasteiger partial charge >= 0.3 is 5.97 Å². The molecule has 1 fully saturated rings. The highest BCUT2D eigenvalue weighted by Crippen LogP contribution is 2.18. The molecule has 1 aliphatic heterocycles. The maximum absolute atomic E-state index is 10.6. The highest BCUT2D eigenvalue weighted by atomic mass is 16.4. The predicted molar refractivity (Wildman–Crippen MR) is 39.2 cm³/mol. The number of aliphatic hydroxyl groups excluding tert-OH is 1. The predicted octanol–water partition coefficient (Wildman–Crippen LogP) is -0.711. The topological polar surface area (TPSA) is 69.6 Å². The third-order valence-electron chi connectivity index (χ3n) is 2.18. The summed E-state index contributed by atoms with van der Waals surface area (Å²) < 4.78 is 0. The first-order valence-corrected chi connectivity index (χ1v) is 3.80. The van der Waals surface area contributed by atoms with Crippen molar-refractivity contribution in [1.29, 1.82) is 0 Å². The van der Waals surface area contributed by atoms with E-state index in [9.17, 15) is 4.79 Å². The van der Waals surface area contributed by atoms with Gasteiger partial charge < -0.3 is 15.5 Å². The number of piperidine rings is 1. The maximum Gasteiger partial charge on any atom is 0.308 e. The van der Waals surface area contributed by atoms with Crippen molar-refractivity contribution < 1.29 is 15.0 Å². The summed E-state index contributed by atoms with van der Waals surface area (Å²) in [5.74, 6) is -1.28. The van der Waals surface area contributed by atoms with Crippen LogP contribution in [0.4, 0.5) is 0 Å². The lowest BCUT2D eigenvalue weighted by Crippen LogP contribution is -2.42. The third-order valence-corrected chi connectivity index (χ3v) is 2.18. The average molecular weight is 159 g/mol. The molecule has 0 aromatic heterocycles. The van der Waals surface area contributed by atoms with Crippen LogP contribution in [0.3, 0.4) is 0 Å². The second-order valence-electron chi connectivity index (χ2n) is 2.88. The Morgan fingerprint density at radius 1 is 1.64 bits per heavy atom. The van der Waals surface area contributed by atoms with Crippen LogP contribution in [0.1, 0.15) is 6.42 Å². The summed E-state index contributed by atoms with van der Waals surface area (Å²) in [5, 5.41) is 20.5. The van der Waals surface area contributed by atoms with E-state index in [0.717, 1.165) is 13.0 Å². The third kappa shape index (κ3) is 1.91. The lowest BCUT2D eigenvalue weighted by molar-refractivity contribution is -0.144. The van der Waals surface area contributed by atoms with Crippen LogP contribution in [0.15, 0.2) is 0 Å². The second kappa shape index (κ2) is 3.69. The zero-order valence-corrected chi connectivity index (χ0v) is 6.29. The lowest BCUT2D eigenvalue weighted by atomic mass is 9.87. The fraction of sp³-hybridized carbons (Fsp3) is 0.857. The highest BCUT2D eigenvalue weighted by Gasteiger charge is 2.29. The van der Waals surface area contributed by atoms with Crippen LogP contribution in [0.5, 0.6) is 0 Å². The minimum atomic E-state index is -0.809. The quantitative estimate of drug-likeness (QED) is 0.498. The fourth-order valence-electron chi connectivity index (χ4n) is 1.42. The van der Waals surface area contributed by atoms with Gasteiger partial charge in [0, 0.05) is 13.2 Å². The number of carboxylic acid groups (broad SMARTS) is 1. The molecule has 0 aliphatic carbocycles. The van der Waals surface area contributed by atoms with E-state index in [4.69, 9.17) is 10.2 Å². The van der Waals surface area contributed by atoms with Crippen molar-refractivity contribution in [2.75, 3.05) is 19.7 Å².